The Balaban J connectivity index is 0.00000243. The molecule has 1 aromatic heterocycles. The lowest BCUT2D eigenvalue weighted by molar-refractivity contribution is 0.0628. The van der Waals surface area contributed by atoms with Gasteiger partial charge in [-0.2, -0.15) is 0 Å². The van der Waals surface area contributed by atoms with Crippen molar-refractivity contribution in [3.8, 4) is 5.75 Å². The Morgan fingerprint density at radius 2 is 1.85 bits per heavy atom. The number of carbonyl (C=O) groups excluding carboxylic acids is 1. The average Bonchev–Trinajstić information content (AvgIpc) is 2.67. The van der Waals surface area contributed by atoms with Gasteiger partial charge >= 0.3 is 0 Å². The second kappa shape index (κ2) is 10.1. The topological polar surface area (TPSA) is 45.7 Å². The van der Waals surface area contributed by atoms with Crippen LogP contribution in [-0.4, -0.2) is 53.5 Å². The quantitative estimate of drug-likeness (QED) is 0.777. The van der Waals surface area contributed by atoms with Crippen molar-refractivity contribution in [1.29, 1.82) is 0 Å². The highest BCUT2D eigenvalue weighted by Crippen LogP contribution is 2.17. The van der Waals surface area contributed by atoms with Crippen LogP contribution in [0.5, 0.6) is 5.75 Å². The average molecular weight is 376 g/mol. The van der Waals surface area contributed by atoms with Gasteiger partial charge in [0.25, 0.3) is 5.91 Å². The monoisotopic (exact) mass is 375 g/mol. The van der Waals surface area contributed by atoms with Crippen LogP contribution in [0.2, 0.25) is 0 Å². The van der Waals surface area contributed by atoms with E-state index in [-0.39, 0.29) is 18.3 Å². The predicted molar refractivity (Wildman–Crippen MR) is 105 cm³/mol. The fourth-order valence-corrected chi connectivity index (χ4v) is 2.98. The second-order valence-electron chi connectivity index (χ2n) is 6.30. The molecule has 140 valence electrons. The number of hydrogen-bond acceptors (Lipinski definition) is 4. The van der Waals surface area contributed by atoms with Crippen LogP contribution < -0.4 is 4.74 Å². The molecule has 0 spiro atoms. The largest absolute Gasteiger partial charge is 0.494 e. The zero-order chi connectivity index (χ0) is 17.5. The summed E-state index contributed by atoms with van der Waals surface area (Å²) in [6.45, 7) is 6.94. The molecule has 1 amide bonds. The highest BCUT2D eigenvalue weighted by molar-refractivity contribution is 5.94. The molecular formula is C20H26ClN3O2. The van der Waals surface area contributed by atoms with Crippen molar-refractivity contribution < 1.29 is 9.53 Å². The molecule has 0 radical (unpaired) electrons. The molecule has 0 unspecified atom stereocenters. The summed E-state index contributed by atoms with van der Waals surface area (Å²) in [6, 6.07) is 11.6. The van der Waals surface area contributed by atoms with Gasteiger partial charge in [-0.3, -0.25) is 14.7 Å². The Hall–Kier alpha value is -2.11. The molecule has 1 fully saturated rings. The molecule has 6 heteroatoms. The van der Waals surface area contributed by atoms with E-state index < -0.39 is 0 Å². The predicted octanol–water partition coefficient (Wildman–Crippen LogP) is 3.25. The maximum Gasteiger partial charge on any atom is 0.254 e. The summed E-state index contributed by atoms with van der Waals surface area (Å²) in [5.74, 6) is 0.856. The van der Waals surface area contributed by atoms with Crippen LogP contribution in [0.3, 0.4) is 0 Å². The Morgan fingerprint density at radius 1 is 1.12 bits per heavy atom. The minimum absolute atomic E-state index is 0. The molecule has 0 N–H and O–H groups in total. The third kappa shape index (κ3) is 5.44. The standard InChI is InChI=1S/C20H25N3O2.ClH/c1-2-14-25-19-5-3-4-18(15-19)20(24)23-12-10-22(11-13-23)16-17-6-8-21-9-7-17;/h3-9,15H,2,10-14,16H2,1H3;1H. The summed E-state index contributed by atoms with van der Waals surface area (Å²) in [7, 11) is 0. The number of benzene rings is 1. The third-order valence-corrected chi connectivity index (χ3v) is 4.37. The van der Waals surface area contributed by atoms with Crippen molar-refractivity contribution in [3.05, 3.63) is 59.9 Å². The fraction of sp³-hybridized carbons (Fsp3) is 0.400. The van der Waals surface area contributed by atoms with Gasteiger partial charge in [-0.1, -0.05) is 13.0 Å². The van der Waals surface area contributed by atoms with Gasteiger partial charge in [0.05, 0.1) is 6.61 Å². The van der Waals surface area contributed by atoms with Crippen LogP contribution in [0.25, 0.3) is 0 Å². The highest BCUT2D eigenvalue weighted by atomic mass is 35.5. The summed E-state index contributed by atoms with van der Waals surface area (Å²) in [6.07, 6.45) is 4.60. The first-order valence-electron chi connectivity index (χ1n) is 8.89. The summed E-state index contributed by atoms with van der Waals surface area (Å²) in [5.41, 5.74) is 1.96. The van der Waals surface area contributed by atoms with Crippen molar-refractivity contribution >= 4 is 18.3 Å². The van der Waals surface area contributed by atoms with E-state index in [1.165, 1.54) is 5.56 Å². The minimum atomic E-state index is 0. The molecule has 5 nitrogen and oxygen atoms in total. The second-order valence-corrected chi connectivity index (χ2v) is 6.30. The molecule has 0 bridgehead atoms. The molecule has 2 aromatic rings. The van der Waals surface area contributed by atoms with Crippen molar-refractivity contribution in [3.63, 3.8) is 0 Å². The van der Waals surface area contributed by atoms with Gasteiger partial charge in [0.2, 0.25) is 0 Å². The maximum atomic E-state index is 12.7. The number of amides is 1. The molecular weight excluding hydrogens is 350 g/mol. The van der Waals surface area contributed by atoms with E-state index in [1.807, 2.05) is 53.7 Å². The number of halogens is 1. The molecule has 3 rings (SSSR count). The number of rotatable bonds is 6. The zero-order valence-corrected chi connectivity index (χ0v) is 16.0. The van der Waals surface area contributed by atoms with E-state index in [9.17, 15) is 4.79 Å². The first-order valence-corrected chi connectivity index (χ1v) is 8.89. The van der Waals surface area contributed by atoms with Crippen molar-refractivity contribution in [1.82, 2.24) is 14.8 Å². The number of aromatic nitrogens is 1. The summed E-state index contributed by atoms with van der Waals surface area (Å²) in [4.78, 5) is 21.1. The summed E-state index contributed by atoms with van der Waals surface area (Å²) >= 11 is 0. The van der Waals surface area contributed by atoms with E-state index in [0.717, 1.165) is 44.9 Å². The van der Waals surface area contributed by atoms with E-state index in [2.05, 4.69) is 16.8 Å². The summed E-state index contributed by atoms with van der Waals surface area (Å²) in [5, 5.41) is 0. The molecule has 2 heterocycles. The summed E-state index contributed by atoms with van der Waals surface area (Å²) < 4.78 is 5.63. The molecule has 0 atom stereocenters. The first kappa shape index (κ1) is 20.2. The van der Waals surface area contributed by atoms with E-state index >= 15 is 0 Å². The fourth-order valence-electron chi connectivity index (χ4n) is 2.98. The molecule has 0 aliphatic carbocycles. The van der Waals surface area contributed by atoms with E-state index in [1.54, 1.807) is 0 Å². The van der Waals surface area contributed by atoms with Gasteiger partial charge in [-0.25, -0.2) is 0 Å². The highest BCUT2D eigenvalue weighted by Gasteiger charge is 2.22. The lowest BCUT2D eigenvalue weighted by Gasteiger charge is -2.34. The Kier molecular flexibility index (Phi) is 7.88. The molecule has 0 saturated carbocycles. The molecule has 1 aliphatic heterocycles. The van der Waals surface area contributed by atoms with E-state index in [4.69, 9.17) is 4.74 Å². The molecule has 1 aliphatic rings. The van der Waals surface area contributed by atoms with Crippen molar-refractivity contribution in [2.75, 3.05) is 32.8 Å². The minimum Gasteiger partial charge on any atom is -0.494 e. The lowest BCUT2D eigenvalue weighted by Crippen LogP contribution is -2.48. The zero-order valence-electron chi connectivity index (χ0n) is 15.1. The Morgan fingerprint density at radius 3 is 2.54 bits per heavy atom. The third-order valence-electron chi connectivity index (χ3n) is 4.37. The number of pyridine rings is 1. The van der Waals surface area contributed by atoms with Crippen LogP contribution >= 0.6 is 12.4 Å². The number of piperazine rings is 1. The van der Waals surface area contributed by atoms with Crippen LogP contribution in [0.1, 0.15) is 29.3 Å². The normalized spacial score (nSPS) is 14.6. The first-order chi connectivity index (χ1) is 12.3. The number of carbonyl (C=O) groups is 1. The van der Waals surface area contributed by atoms with E-state index in [0.29, 0.717) is 12.2 Å². The number of nitrogens with zero attached hydrogens (tertiary/aromatic N) is 3. The SMILES string of the molecule is CCCOc1cccc(C(=O)N2CCN(Cc3ccncc3)CC2)c1.Cl. The van der Waals surface area contributed by atoms with Gasteiger partial charge in [-0.15, -0.1) is 12.4 Å². The molecule has 26 heavy (non-hydrogen) atoms. The Labute approximate surface area is 161 Å². The van der Waals surface area contributed by atoms with Crippen LogP contribution in [-0.2, 0) is 6.54 Å². The number of ether oxygens (including phenoxy) is 1. The van der Waals surface area contributed by atoms with Crippen molar-refractivity contribution in [2.24, 2.45) is 0 Å². The maximum absolute atomic E-state index is 12.7. The lowest BCUT2D eigenvalue weighted by atomic mass is 10.1. The van der Waals surface area contributed by atoms with Gasteiger partial charge in [0.15, 0.2) is 0 Å². The van der Waals surface area contributed by atoms with Gasteiger partial charge in [0.1, 0.15) is 5.75 Å². The molecule has 1 saturated heterocycles. The van der Waals surface area contributed by atoms with Crippen molar-refractivity contribution in [2.45, 2.75) is 19.9 Å². The van der Waals surface area contributed by atoms with Crippen LogP contribution in [0, 0.1) is 0 Å². The number of hydrogen-bond donors (Lipinski definition) is 0. The van der Waals surface area contributed by atoms with Gasteiger partial charge < -0.3 is 9.64 Å². The van der Waals surface area contributed by atoms with Crippen LogP contribution in [0.15, 0.2) is 48.8 Å². The Bertz CT molecular complexity index is 688. The van der Waals surface area contributed by atoms with Gasteiger partial charge in [-0.05, 0) is 42.3 Å². The smallest absolute Gasteiger partial charge is 0.254 e. The van der Waals surface area contributed by atoms with Crippen LogP contribution in [0.4, 0.5) is 0 Å². The van der Waals surface area contributed by atoms with Gasteiger partial charge in [0, 0.05) is 50.7 Å². The molecule has 1 aromatic carbocycles.